The molecule has 1 aromatic heterocycles. The van der Waals surface area contributed by atoms with Crippen LogP contribution in [0.2, 0.25) is 0 Å². The van der Waals surface area contributed by atoms with Gasteiger partial charge in [-0.1, -0.05) is 12.1 Å². The predicted octanol–water partition coefficient (Wildman–Crippen LogP) is 3.41. The normalized spacial score (nSPS) is 19.6. The van der Waals surface area contributed by atoms with Gasteiger partial charge in [0.25, 0.3) is 5.91 Å². The van der Waals surface area contributed by atoms with E-state index in [0.717, 1.165) is 44.6 Å². The van der Waals surface area contributed by atoms with Crippen molar-refractivity contribution in [2.24, 2.45) is 5.92 Å². The Morgan fingerprint density at radius 1 is 1.26 bits per heavy atom. The summed E-state index contributed by atoms with van der Waals surface area (Å²) in [6.45, 7) is 2.16. The number of ether oxygens (including phenoxy) is 1. The second kappa shape index (κ2) is 7.94. The zero-order valence-electron chi connectivity index (χ0n) is 15.2. The van der Waals surface area contributed by atoms with Crippen LogP contribution in [0.25, 0.3) is 0 Å². The van der Waals surface area contributed by atoms with Crippen molar-refractivity contribution >= 4 is 11.7 Å². The Balaban J connectivity index is 1.37. The fourth-order valence-electron chi connectivity index (χ4n) is 3.41. The number of rotatable bonds is 6. The van der Waals surface area contributed by atoms with Crippen molar-refractivity contribution in [3.8, 4) is 5.75 Å². The smallest absolute Gasteiger partial charge is 0.251 e. The van der Waals surface area contributed by atoms with Gasteiger partial charge in [0.1, 0.15) is 5.82 Å². The number of amides is 1. The summed E-state index contributed by atoms with van der Waals surface area (Å²) in [5, 5.41) is 3.01. The highest BCUT2D eigenvalue weighted by Crippen LogP contribution is 2.25. The number of benzene rings is 1. The molecule has 1 aliphatic carbocycles. The van der Waals surface area contributed by atoms with Gasteiger partial charge in [-0.2, -0.15) is 0 Å². The van der Waals surface area contributed by atoms with E-state index in [2.05, 4.69) is 15.2 Å². The maximum Gasteiger partial charge on any atom is 0.251 e. The molecule has 1 N–H and O–H groups in total. The van der Waals surface area contributed by atoms with Crippen molar-refractivity contribution in [3.05, 3.63) is 54.0 Å². The van der Waals surface area contributed by atoms with Gasteiger partial charge in [-0.05, 0) is 49.9 Å². The average Bonchev–Trinajstić information content (AvgIpc) is 3.52. The number of hydrogen-bond acceptors (Lipinski definition) is 4. The molecule has 0 radical (unpaired) electrons. The molecule has 1 unspecified atom stereocenters. The van der Waals surface area contributed by atoms with Crippen LogP contribution in [-0.2, 0) is 0 Å². The number of carbonyl (C=O) groups is 1. The lowest BCUT2D eigenvalue weighted by Gasteiger charge is -2.33. The van der Waals surface area contributed by atoms with E-state index < -0.39 is 0 Å². The Hall–Kier alpha value is -2.63. The monoisotopic (exact) mass is 369 g/mol. The minimum Gasteiger partial charge on any atom is -0.490 e. The molecule has 4 rings (SSSR count). The third-order valence-electron chi connectivity index (χ3n) is 5.07. The van der Waals surface area contributed by atoms with Crippen molar-refractivity contribution in [2.45, 2.75) is 31.7 Å². The molecule has 2 aliphatic rings. The summed E-state index contributed by atoms with van der Waals surface area (Å²) in [4.78, 5) is 18.9. The maximum atomic E-state index is 13.7. The number of nitrogens with one attached hydrogen (secondary N) is 1. The quantitative estimate of drug-likeness (QED) is 0.848. The number of pyridine rings is 1. The molecule has 1 saturated carbocycles. The van der Waals surface area contributed by atoms with Gasteiger partial charge in [0.2, 0.25) is 0 Å². The first kappa shape index (κ1) is 17.8. The third kappa shape index (κ3) is 4.56. The summed E-state index contributed by atoms with van der Waals surface area (Å²) in [7, 11) is 0. The summed E-state index contributed by atoms with van der Waals surface area (Å²) in [5.74, 6) is 1.04. The molecule has 2 fully saturated rings. The standard InChI is InChI=1S/C21H24FN3O2/c22-18-5-1-2-6-19(18)27-14-15-4-3-11-25(13-15)20-12-16(9-10-23-20)21(26)24-17-7-8-17/h1-2,5-6,9-10,12,15,17H,3-4,7-8,11,13-14H2,(H,24,26). The molecule has 6 heteroatoms. The van der Waals surface area contributed by atoms with Gasteiger partial charge < -0.3 is 15.0 Å². The summed E-state index contributed by atoms with van der Waals surface area (Å²) < 4.78 is 19.4. The van der Waals surface area contributed by atoms with Crippen molar-refractivity contribution in [1.82, 2.24) is 10.3 Å². The molecular weight excluding hydrogens is 345 g/mol. The van der Waals surface area contributed by atoms with Crippen molar-refractivity contribution in [3.63, 3.8) is 0 Å². The summed E-state index contributed by atoms with van der Waals surface area (Å²) in [6.07, 6.45) is 5.88. The molecule has 1 saturated heterocycles. The van der Waals surface area contributed by atoms with Crippen molar-refractivity contribution < 1.29 is 13.9 Å². The van der Waals surface area contributed by atoms with Gasteiger partial charge >= 0.3 is 0 Å². The Bertz CT molecular complexity index is 810. The molecule has 142 valence electrons. The molecule has 5 nitrogen and oxygen atoms in total. The largest absolute Gasteiger partial charge is 0.490 e. The van der Waals surface area contributed by atoms with E-state index in [4.69, 9.17) is 4.74 Å². The highest BCUT2D eigenvalue weighted by atomic mass is 19.1. The Morgan fingerprint density at radius 2 is 2.11 bits per heavy atom. The van der Waals surface area contributed by atoms with Crippen LogP contribution in [0.4, 0.5) is 10.2 Å². The molecular formula is C21H24FN3O2. The molecule has 0 spiro atoms. The van der Waals surface area contributed by atoms with Crippen LogP contribution in [-0.4, -0.2) is 36.6 Å². The second-order valence-corrected chi connectivity index (χ2v) is 7.35. The van der Waals surface area contributed by atoms with Crippen LogP contribution in [0, 0.1) is 11.7 Å². The Morgan fingerprint density at radius 3 is 2.93 bits per heavy atom. The third-order valence-corrected chi connectivity index (χ3v) is 5.07. The topological polar surface area (TPSA) is 54.5 Å². The number of carbonyl (C=O) groups excluding carboxylic acids is 1. The average molecular weight is 369 g/mol. The molecule has 1 aromatic carbocycles. The maximum absolute atomic E-state index is 13.7. The molecule has 1 atom stereocenters. The van der Waals surface area contributed by atoms with Crippen molar-refractivity contribution in [2.75, 3.05) is 24.6 Å². The predicted molar refractivity (Wildman–Crippen MR) is 102 cm³/mol. The molecule has 1 aliphatic heterocycles. The van der Waals surface area contributed by atoms with Crippen LogP contribution in [0.15, 0.2) is 42.6 Å². The number of hydrogen-bond donors (Lipinski definition) is 1. The zero-order valence-corrected chi connectivity index (χ0v) is 15.2. The molecule has 2 aromatic rings. The minimum absolute atomic E-state index is 0.0300. The van der Waals surface area contributed by atoms with Gasteiger partial charge in [0.05, 0.1) is 6.61 Å². The number of nitrogens with zero attached hydrogens (tertiary/aromatic N) is 2. The van der Waals surface area contributed by atoms with E-state index >= 15 is 0 Å². The molecule has 0 bridgehead atoms. The van der Waals surface area contributed by atoms with Gasteiger partial charge in [0, 0.05) is 36.8 Å². The SMILES string of the molecule is O=C(NC1CC1)c1ccnc(N2CCCC(COc3ccccc3F)C2)c1. The number of anilines is 1. The molecule has 2 heterocycles. The lowest BCUT2D eigenvalue weighted by Crippen LogP contribution is -2.38. The van der Waals surface area contributed by atoms with Crippen LogP contribution in [0.3, 0.4) is 0 Å². The van der Waals surface area contributed by atoms with E-state index in [1.807, 2.05) is 6.07 Å². The van der Waals surface area contributed by atoms with Crippen LogP contribution >= 0.6 is 0 Å². The Labute approximate surface area is 158 Å². The van der Waals surface area contributed by atoms with Gasteiger partial charge in [-0.25, -0.2) is 9.37 Å². The summed E-state index contributed by atoms with van der Waals surface area (Å²) >= 11 is 0. The first-order valence-corrected chi connectivity index (χ1v) is 9.58. The fourth-order valence-corrected chi connectivity index (χ4v) is 3.41. The summed E-state index contributed by atoms with van der Waals surface area (Å²) in [6, 6.07) is 10.4. The second-order valence-electron chi connectivity index (χ2n) is 7.35. The van der Waals surface area contributed by atoms with Crippen LogP contribution in [0.1, 0.15) is 36.0 Å². The van der Waals surface area contributed by atoms with E-state index in [0.29, 0.717) is 29.9 Å². The lowest BCUT2D eigenvalue weighted by atomic mass is 9.99. The lowest BCUT2D eigenvalue weighted by molar-refractivity contribution is 0.0951. The molecule has 1 amide bonds. The van der Waals surface area contributed by atoms with Crippen molar-refractivity contribution in [1.29, 1.82) is 0 Å². The van der Waals surface area contributed by atoms with Gasteiger partial charge in [-0.15, -0.1) is 0 Å². The highest BCUT2D eigenvalue weighted by molar-refractivity contribution is 5.95. The van der Waals surface area contributed by atoms with Gasteiger partial charge in [-0.3, -0.25) is 4.79 Å². The fraction of sp³-hybridized carbons (Fsp3) is 0.429. The zero-order chi connectivity index (χ0) is 18.6. The number of halogens is 1. The summed E-state index contributed by atoms with van der Waals surface area (Å²) in [5.41, 5.74) is 0.650. The minimum atomic E-state index is -0.332. The number of aromatic nitrogens is 1. The molecule has 27 heavy (non-hydrogen) atoms. The number of para-hydroxylation sites is 1. The van der Waals surface area contributed by atoms with E-state index in [-0.39, 0.29) is 11.7 Å². The van der Waals surface area contributed by atoms with Crippen LogP contribution in [0.5, 0.6) is 5.75 Å². The van der Waals surface area contributed by atoms with Gasteiger partial charge in [0.15, 0.2) is 11.6 Å². The first-order chi connectivity index (χ1) is 13.2. The Kier molecular flexibility index (Phi) is 5.23. The van der Waals surface area contributed by atoms with E-state index in [1.54, 1.807) is 30.5 Å². The van der Waals surface area contributed by atoms with Crippen LogP contribution < -0.4 is 15.0 Å². The highest BCUT2D eigenvalue weighted by Gasteiger charge is 2.25. The first-order valence-electron chi connectivity index (χ1n) is 9.58. The van der Waals surface area contributed by atoms with E-state index in [9.17, 15) is 9.18 Å². The van der Waals surface area contributed by atoms with E-state index in [1.165, 1.54) is 6.07 Å². The number of piperidine rings is 1.